The smallest absolute Gasteiger partial charge is 0.336 e. The van der Waals surface area contributed by atoms with Crippen LogP contribution in [0.5, 0.6) is 0 Å². The third kappa shape index (κ3) is 2.91. The number of fused-ring (bicyclic) bond motifs is 2. The fourth-order valence-electron chi connectivity index (χ4n) is 4.47. The van der Waals surface area contributed by atoms with Crippen LogP contribution in [0.25, 0.3) is 17.0 Å². The highest BCUT2D eigenvalue weighted by atomic mass is 16.5. The van der Waals surface area contributed by atoms with Crippen molar-refractivity contribution in [2.75, 3.05) is 6.61 Å². The van der Waals surface area contributed by atoms with Crippen LogP contribution < -0.4 is 5.32 Å². The summed E-state index contributed by atoms with van der Waals surface area (Å²) < 4.78 is 5.39. The van der Waals surface area contributed by atoms with Gasteiger partial charge in [0.25, 0.3) is 0 Å². The van der Waals surface area contributed by atoms with Gasteiger partial charge in [-0.2, -0.15) is 5.10 Å². The Labute approximate surface area is 179 Å². The topological polar surface area (TPSA) is 84.1 Å². The van der Waals surface area contributed by atoms with Gasteiger partial charge in [0.2, 0.25) is 0 Å². The van der Waals surface area contributed by atoms with E-state index in [9.17, 15) is 9.59 Å². The van der Waals surface area contributed by atoms with Crippen LogP contribution in [0.4, 0.5) is 0 Å². The van der Waals surface area contributed by atoms with Crippen molar-refractivity contribution in [3.8, 4) is 11.3 Å². The minimum atomic E-state index is -0.593. The molecule has 0 fully saturated rings. The zero-order valence-corrected chi connectivity index (χ0v) is 17.2. The SMILES string of the molecule is CCOC(=O)C1=C(C)NC2=C(C(=O)c3ccccc32)C1c1cn[nH]c1-c1ccccc1. The van der Waals surface area contributed by atoms with E-state index in [0.717, 1.165) is 28.1 Å². The van der Waals surface area contributed by atoms with E-state index < -0.39 is 11.9 Å². The van der Waals surface area contributed by atoms with Crippen LogP contribution in [0.2, 0.25) is 0 Å². The van der Waals surface area contributed by atoms with Crippen molar-refractivity contribution < 1.29 is 14.3 Å². The molecule has 2 heterocycles. The summed E-state index contributed by atoms with van der Waals surface area (Å²) in [6.07, 6.45) is 1.70. The average molecular weight is 411 g/mol. The van der Waals surface area contributed by atoms with Gasteiger partial charge in [-0.25, -0.2) is 4.79 Å². The predicted molar refractivity (Wildman–Crippen MR) is 117 cm³/mol. The van der Waals surface area contributed by atoms with E-state index in [1.807, 2.05) is 61.5 Å². The van der Waals surface area contributed by atoms with E-state index in [4.69, 9.17) is 4.74 Å². The summed E-state index contributed by atoms with van der Waals surface area (Å²) in [5.74, 6) is -1.12. The van der Waals surface area contributed by atoms with Gasteiger partial charge in [0, 0.05) is 28.0 Å². The quantitative estimate of drug-likeness (QED) is 0.629. The van der Waals surface area contributed by atoms with E-state index in [1.54, 1.807) is 13.1 Å². The number of rotatable bonds is 4. The first-order valence-electron chi connectivity index (χ1n) is 10.2. The highest BCUT2D eigenvalue weighted by Crippen LogP contribution is 2.48. The molecular weight excluding hydrogens is 390 g/mol. The number of aromatic nitrogens is 2. The average Bonchev–Trinajstić information content (AvgIpc) is 3.38. The number of ether oxygens (including phenoxy) is 1. The highest BCUT2D eigenvalue weighted by Gasteiger charge is 2.44. The Balaban J connectivity index is 1.74. The first-order chi connectivity index (χ1) is 15.1. The van der Waals surface area contributed by atoms with E-state index in [2.05, 4.69) is 15.5 Å². The van der Waals surface area contributed by atoms with Crippen LogP contribution in [0.1, 0.15) is 41.3 Å². The number of dihydropyridines is 1. The van der Waals surface area contributed by atoms with Crippen molar-refractivity contribution in [3.63, 3.8) is 0 Å². The molecule has 0 saturated heterocycles. The fourth-order valence-corrected chi connectivity index (χ4v) is 4.47. The molecule has 6 heteroatoms. The molecule has 1 aromatic heterocycles. The number of hydrogen-bond acceptors (Lipinski definition) is 5. The van der Waals surface area contributed by atoms with Gasteiger partial charge in [0.05, 0.1) is 35.7 Å². The Morgan fingerprint density at radius 1 is 1.06 bits per heavy atom. The number of carbonyl (C=O) groups is 2. The minimum absolute atomic E-state index is 0.0855. The second-order valence-corrected chi connectivity index (χ2v) is 7.55. The van der Waals surface area contributed by atoms with E-state index in [-0.39, 0.29) is 12.4 Å². The molecule has 1 atom stereocenters. The van der Waals surface area contributed by atoms with Gasteiger partial charge in [-0.15, -0.1) is 0 Å². The monoisotopic (exact) mass is 411 g/mol. The Morgan fingerprint density at radius 2 is 1.77 bits per heavy atom. The normalized spacial score (nSPS) is 17.4. The minimum Gasteiger partial charge on any atom is -0.463 e. The van der Waals surface area contributed by atoms with E-state index in [0.29, 0.717) is 22.4 Å². The van der Waals surface area contributed by atoms with Gasteiger partial charge in [0.15, 0.2) is 5.78 Å². The van der Waals surface area contributed by atoms with Crippen molar-refractivity contribution >= 4 is 17.4 Å². The summed E-state index contributed by atoms with van der Waals surface area (Å²) >= 11 is 0. The summed E-state index contributed by atoms with van der Waals surface area (Å²) in [6.45, 7) is 3.86. The molecule has 0 radical (unpaired) electrons. The van der Waals surface area contributed by atoms with Crippen molar-refractivity contribution in [2.24, 2.45) is 0 Å². The van der Waals surface area contributed by atoms with Crippen LogP contribution >= 0.6 is 0 Å². The number of carbonyl (C=O) groups excluding carboxylic acids is 2. The van der Waals surface area contributed by atoms with Gasteiger partial charge in [-0.1, -0.05) is 54.6 Å². The van der Waals surface area contributed by atoms with Crippen molar-refractivity contribution in [1.82, 2.24) is 15.5 Å². The number of allylic oxidation sites excluding steroid dienone is 2. The Kier molecular flexibility index (Phi) is 4.55. The second kappa shape index (κ2) is 7.40. The number of benzene rings is 2. The molecular formula is C25H21N3O3. The molecule has 2 N–H and O–H groups in total. The highest BCUT2D eigenvalue weighted by molar-refractivity contribution is 6.23. The number of nitrogens with zero attached hydrogens (tertiary/aromatic N) is 1. The lowest BCUT2D eigenvalue weighted by Crippen LogP contribution is -2.29. The Morgan fingerprint density at radius 3 is 2.52 bits per heavy atom. The molecule has 31 heavy (non-hydrogen) atoms. The Hall–Kier alpha value is -3.93. The maximum atomic E-state index is 13.5. The molecule has 0 bridgehead atoms. The van der Waals surface area contributed by atoms with Crippen molar-refractivity contribution in [3.05, 3.63) is 94.3 Å². The zero-order valence-electron chi connectivity index (χ0n) is 17.2. The fraction of sp³-hybridized carbons (Fsp3) is 0.160. The number of aromatic amines is 1. The summed E-state index contributed by atoms with van der Waals surface area (Å²) in [5, 5.41) is 10.6. The predicted octanol–water partition coefficient (Wildman–Crippen LogP) is 4.21. The lowest BCUT2D eigenvalue weighted by atomic mass is 9.79. The molecule has 0 spiro atoms. The molecule has 2 aliphatic rings. The molecule has 0 amide bonds. The summed E-state index contributed by atoms with van der Waals surface area (Å²) in [7, 11) is 0. The lowest BCUT2D eigenvalue weighted by Gasteiger charge is -2.29. The third-order valence-corrected chi connectivity index (χ3v) is 5.79. The van der Waals surface area contributed by atoms with Crippen LogP contribution in [-0.2, 0) is 9.53 Å². The maximum Gasteiger partial charge on any atom is 0.336 e. The number of hydrogen-bond donors (Lipinski definition) is 2. The van der Waals surface area contributed by atoms with Crippen molar-refractivity contribution in [1.29, 1.82) is 0 Å². The van der Waals surface area contributed by atoms with Gasteiger partial charge in [-0.05, 0) is 19.4 Å². The standard InChI is InChI=1S/C25H21N3O3/c1-3-31-25(30)19-14(2)27-23-16-11-7-8-12-17(16)24(29)21(23)20(19)18-13-26-28-22(18)15-9-5-4-6-10-15/h4-13,20,27H,3H2,1-2H3,(H,26,28). The van der Waals surface area contributed by atoms with Gasteiger partial charge in [-0.3, -0.25) is 9.89 Å². The van der Waals surface area contributed by atoms with E-state index >= 15 is 0 Å². The first kappa shape index (κ1) is 19.1. The Bertz CT molecular complexity index is 1270. The second-order valence-electron chi connectivity index (χ2n) is 7.55. The molecule has 5 rings (SSSR count). The molecule has 1 aliphatic heterocycles. The number of nitrogens with one attached hydrogen (secondary N) is 2. The molecule has 1 unspecified atom stereocenters. The zero-order chi connectivity index (χ0) is 21.5. The molecule has 154 valence electrons. The number of ketones is 1. The number of H-pyrrole nitrogens is 1. The van der Waals surface area contributed by atoms with E-state index in [1.165, 1.54) is 0 Å². The van der Waals surface area contributed by atoms with Gasteiger partial charge >= 0.3 is 5.97 Å². The summed E-state index contributed by atoms with van der Waals surface area (Å²) in [4.78, 5) is 26.6. The summed E-state index contributed by atoms with van der Waals surface area (Å²) in [6, 6.07) is 17.3. The van der Waals surface area contributed by atoms with Crippen LogP contribution in [0, 0.1) is 0 Å². The van der Waals surface area contributed by atoms with Crippen LogP contribution in [-0.4, -0.2) is 28.6 Å². The first-order valence-corrected chi connectivity index (χ1v) is 10.2. The molecule has 6 nitrogen and oxygen atoms in total. The number of esters is 1. The number of Topliss-reactive ketones (excluding diaryl/α,β-unsaturated/α-hetero) is 1. The molecule has 3 aromatic rings. The third-order valence-electron chi connectivity index (χ3n) is 5.79. The van der Waals surface area contributed by atoms with Crippen molar-refractivity contribution in [2.45, 2.75) is 19.8 Å². The molecule has 1 aliphatic carbocycles. The lowest BCUT2D eigenvalue weighted by molar-refractivity contribution is -0.138. The van der Waals surface area contributed by atoms with Gasteiger partial charge in [0.1, 0.15) is 0 Å². The summed E-state index contributed by atoms with van der Waals surface area (Å²) in [5.41, 5.74) is 6.35. The molecule has 2 aromatic carbocycles. The molecule has 0 saturated carbocycles. The maximum absolute atomic E-state index is 13.5. The van der Waals surface area contributed by atoms with Crippen LogP contribution in [0.3, 0.4) is 0 Å². The van der Waals surface area contributed by atoms with Gasteiger partial charge < -0.3 is 10.1 Å². The van der Waals surface area contributed by atoms with Crippen LogP contribution in [0.15, 0.2) is 77.6 Å². The largest absolute Gasteiger partial charge is 0.463 e.